The first-order chi connectivity index (χ1) is 14.6. The van der Waals surface area contributed by atoms with E-state index in [1.165, 1.54) is 19.2 Å². The van der Waals surface area contributed by atoms with Crippen molar-refractivity contribution in [1.82, 2.24) is 10.6 Å². The zero-order valence-electron chi connectivity index (χ0n) is 16.6. The summed E-state index contributed by atoms with van der Waals surface area (Å²) < 4.78 is 4.85. The molecule has 0 spiro atoms. The second kappa shape index (κ2) is 10.1. The molecule has 154 valence electrons. The second-order valence-electron chi connectivity index (χ2n) is 6.82. The lowest BCUT2D eigenvalue weighted by Gasteiger charge is -2.22. The van der Waals surface area contributed by atoms with Crippen molar-refractivity contribution < 1.29 is 19.4 Å². The lowest BCUT2D eigenvalue weighted by molar-refractivity contribution is -0.142. The third-order valence-electron chi connectivity index (χ3n) is 4.71. The maximum Gasteiger partial charge on any atom is 0.328 e. The monoisotopic (exact) mass is 404 g/mol. The molecule has 1 atom stereocenters. The fourth-order valence-corrected chi connectivity index (χ4v) is 3.18. The lowest BCUT2D eigenvalue weighted by atomic mass is 9.99. The van der Waals surface area contributed by atoms with Crippen molar-refractivity contribution in [3.05, 3.63) is 102 Å². The van der Waals surface area contributed by atoms with Crippen LogP contribution in [0, 0.1) is 0 Å². The molecule has 3 aromatic carbocycles. The van der Waals surface area contributed by atoms with Crippen LogP contribution in [0.25, 0.3) is 0 Å². The average molecular weight is 404 g/mol. The number of rotatable bonds is 7. The van der Waals surface area contributed by atoms with Gasteiger partial charge in [0.25, 0.3) is 0 Å². The number of phenolic OH excluding ortho intramolecular Hbond substituents is 1. The number of hydrogen-bond acceptors (Lipinski definition) is 4. The molecule has 3 rings (SSSR count). The first-order valence-electron chi connectivity index (χ1n) is 9.59. The van der Waals surface area contributed by atoms with Crippen molar-refractivity contribution in [1.29, 1.82) is 0 Å². The number of amides is 2. The van der Waals surface area contributed by atoms with E-state index in [1.54, 1.807) is 12.1 Å². The van der Waals surface area contributed by atoms with Crippen LogP contribution in [0.5, 0.6) is 5.75 Å². The van der Waals surface area contributed by atoms with Gasteiger partial charge in [0, 0.05) is 6.42 Å². The van der Waals surface area contributed by atoms with Crippen LogP contribution in [0.4, 0.5) is 4.79 Å². The predicted molar refractivity (Wildman–Crippen MR) is 114 cm³/mol. The molecule has 0 aliphatic rings. The number of hydrogen-bond donors (Lipinski definition) is 3. The van der Waals surface area contributed by atoms with Gasteiger partial charge in [-0.3, -0.25) is 0 Å². The summed E-state index contributed by atoms with van der Waals surface area (Å²) in [5, 5.41) is 15.1. The molecule has 0 fully saturated rings. The fraction of sp³-hybridized carbons (Fsp3) is 0.167. The van der Waals surface area contributed by atoms with E-state index in [4.69, 9.17) is 4.74 Å². The topological polar surface area (TPSA) is 87.7 Å². The molecule has 0 bridgehead atoms. The molecule has 0 saturated carbocycles. The molecule has 6 nitrogen and oxygen atoms in total. The molecule has 0 heterocycles. The van der Waals surface area contributed by atoms with E-state index in [0.29, 0.717) is 0 Å². The van der Waals surface area contributed by atoms with E-state index in [9.17, 15) is 14.7 Å². The summed E-state index contributed by atoms with van der Waals surface area (Å²) >= 11 is 0. The zero-order chi connectivity index (χ0) is 21.3. The Morgan fingerprint density at radius 2 is 1.37 bits per heavy atom. The standard InChI is InChI=1S/C24H24N2O4/c1-30-23(28)21(16-17-12-14-20(27)15-13-17)25-24(29)26-22(18-8-4-2-5-9-18)19-10-6-3-7-11-19/h2-15,21-22,27H,16H2,1H3,(H2,25,26,29)/t21-/m0/s1. The Labute approximate surface area is 175 Å². The van der Waals surface area contributed by atoms with Crippen molar-refractivity contribution >= 4 is 12.0 Å². The third kappa shape index (κ3) is 5.61. The number of methoxy groups -OCH3 is 1. The van der Waals surface area contributed by atoms with Gasteiger partial charge < -0.3 is 20.5 Å². The maximum absolute atomic E-state index is 12.8. The van der Waals surface area contributed by atoms with Crippen molar-refractivity contribution in [3.8, 4) is 5.75 Å². The summed E-state index contributed by atoms with van der Waals surface area (Å²) in [4.78, 5) is 25.0. The van der Waals surface area contributed by atoms with Crippen molar-refractivity contribution in [2.45, 2.75) is 18.5 Å². The molecule has 0 aliphatic heterocycles. The summed E-state index contributed by atoms with van der Waals surface area (Å²) in [6.07, 6.45) is 0.238. The van der Waals surface area contributed by atoms with Gasteiger partial charge >= 0.3 is 12.0 Å². The van der Waals surface area contributed by atoms with E-state index < -0.39 is 18.0 Å². The quantitative estimate of drug-likeness (QED) is 0.526. The van der Waals surface area contributed by atoms with Crippen molar-refractivity contribution in [2.75, 3.05) is 7.11 Å². The minimum atomic E-state index is -0.869. The van der Waals surface area contributed by atoms with E-state index in [1.807, 2.05) is 60.7 Å². The van der Waals surface area contributed by atoms with Crippen LogP contribution in [-0.4, -0.2) is 30.3 Å². The minimum absolute atomic E-state index is 0.132. The third-order valence-corrected chi connectivity index (χ3v) is 4.71. The maximum atomic E-state index is 12.8. The van der Waals surface area contributed by atoms with Gasteiger partial charge in [0.2, 0.25) is 0 Å². The number of esters is 1. The molecule has 2 amide bonds. The summed E-state index contributed by atoms with van der Waals surface area (Å²) in [7, 11) is 1.28. The summed E-state index contributed by atoms with van der Waals surface area (Å²) in [6.45, 7) is 0. The van der Waals surface area contributed by atoms with E-state index in [0.717, 1.165) is 16.7 Å². The number of nitrogens with one attached hydrogen (secondary N) is 2. The fourth-order valence-electron chi connectivity index (χ4n) is 3.18. The Morgan fingerprint density at radius 3 is 1.87 bits per heavy atom. The van der Waals surface area contributed by atoms with E-state index in [2.05, 4.69) is 10.6 Å². The van der Waals surface area contributed by atoms with Gasteiger partial charge in [-0.2, -0.15) is 0 Å². The van der Waals surface area contributed by atoms with Gasteiger partial charge in [0.1, 0.15) is 11.8 Å². The molecular weight excluding hydrogens is 380 g/mol. The average Bonchev–Trinajstić information content (AvgIpc) is 2.79. The van der Waals surface area contributed by atoms with Crippen LogP contribution in [0.2, 0.25) is 0 Å². The van der Waals surface area contributed by atoms with Gasteiger partial charge in [-0.15, -0.1) is 0 Å². The molecule has 0 unspecified atom stereocenters. The van der Waals surface area contributed by atoms with Gasteiger partial charge in [-0.25, -0.2) is 9.59 Å². The summed E-state index contributed by atoms with van der Waals surface area (Å²) in [5.74, 6) is -0.415. The van der Waals surface area contributed by atoms with Crippen LogP contribution in [0.15, 0.2) is 84.9 Å². The highest BCUT2D eigenvalue weighted by Gasteiger charge is 2.24. The highest BCUT2D eigenvalue weighted by molar-refractivity contribution is 5.84. The number of aromatic hydroxyl groups is 1. The van der Waals surface area contributed by atoms with Crippen molar-refractivity contribution in [2.24, 2.45) is 0 Å². The first-order valence-corrected chi connectivity index (χ1v) is 9.59. The number of carbonyl (C=O) groups excluding carboxylic acids is 2. The van der Waals surface area contributed by atoms with Crippen LogP contribution in [0.3, 0.4) is 0 Å². The Balaban J connectivity index is 1.76. The number of urea groups is 1. The molecule has 3 aromatic rings. The highest BCUT2D eigenvalue weighted by Crippen LogP contribution is 2.21. The first kappa shape index (κ1) is 20.9. The summed E-state index contributed by atoms with van der Waals surface area (Å²) in [6, 6.07) is 23.9. The largest absolute Gasteiger partial charge is 0.508 e. The van der Waals surface area contributed by atoms with Gasteiger partial charge in [-0.05, 0) is 28.8 Å². The molecule has 0 saturated heterocycles. The lowest BCUT2D eigenvalue weighted by Crippen LogP contribution is -2.48. The normalized spacial score (nSPS) is 11.5. The molecule has 6 heteroatoms. The molecule has 30 heavy (non-hydrogen) atoms. The van der Waals surface area contributed by atoms with Gasteiger partial charge in [0.05, 0.1) is 13.2 Å². The number of carbonyl (C=O) groups is 2. The molecule has 0 aliphatic carbocycles. The smallest absolute Gasteiger partial charge is 0.328 e. The molecule has 3 N–H and O–H groups in total. The van der Waals surface area contributed by atoms with Gasteiger partial charge in [0.15, 0.2) is 0 Å². The van der Waals surface area contributed by atoms with Crippen LogP contribution in [-0.2, 0) is 16.0 Å². The SMILES string of the molecule is COC(=O)[C@H](Cc1ccc(O)cc1)NC(=O)NC(c1ccccc1)c1ccccc1. The van der Waals surface area contributed by atoms with Crippen molar-refractivity contribution in [3.63, 3.8) is 0 Å². The second-order valence-corrected chi connectivity index (χ2v) is 6.82. The van der Waals surface area contributed by atoms with Crippen LogP contribution in [0.1, 0.15) is 22.7 Å². The summed E-state index contributed by atoms with van der Waals surface area (Å²) in [5.41, 5.74) is 2.63. The van der Waals surface area contributed by atoms with E-state index in [-0.39, 0.29) is 18.2 Å². The van der Waals surface area contributed by atoms with Gasteiger partial charge in [-0.1, -0.05) is 72.8 Å². The van der Waals surface area contributed by atoms with Crippen LogP contribution >= 0.6 is 0 Å². The Morgan fingerprint density at radius 1 is 0.833 bits per heavy atom. The highest BCUT2D eigenvalue weighted by atomic mass is 16.5. The van der Waals surface area contributed by atoms with E-state index >= 15 is 0 Å². The Kier molecular flexibility index (Phi) is 7.05. The molecule has 0 aromatic heterocycles. The number of benzene rings is 3. The predicted octanol–water partition coefficient (Wildman–Crippen LogP) is 3.57. The number of ether oxygens (including phenoxy) is 1. The molecular formula is C24H24N2O4. The minimum Gasteiger partial charge on any atom is -0.508 e. The zero-order valence-corrected chi connectivity index (χ0v) is 16.6. The van der Waals surface area contributed by atoms with Crippen LogP contribution < -0.4 is 10.6 Å². The Bertz CT molecular complexity index is 920. The Hall–Kier alpha value is -3.80. The number of phenols is 1. The molecule has 0 radical (unpaired) electrons.